The van der Waals surface area contributed by atoms with E-state index in [4.69, 9.17) is 5.73 Å². The summed E-state index contributed by atoms with van der Waals surface area (Å²) in [6.45, 7) is 3.41. The van der Waals surface area contributed by atoms with Crippen molar-refractivity contribution in [1.82, 2.24) is 0 Å². The van der Waals surface area contributed by atoms with Gasteiger partial charge in [-0.05, 0) is 6.08 Å². The Bertz CT molecular complexity index is 314. The molecule has 0 radical (unpaired) electrons. The molecule has 1 aromatic carbocycles. The minimum atomic E-state index is -1.53. The summed E-state index contributed by atoms with van der Waals surface area (Å²) in [5.74, 6) is 0. The van der Waals surface area contributed by atoms with E-state index in [1.807, 2.05) is 0 Å². The predicted octanol–water partition coefficient (Wildman–Crippen LogP) is 0.789. The molecule has 3 N–H and O–H groups in total. The highest BCUT2D eigenvalue weighted by molar-refractivity contribution is 5.74. The SMILES string of the molecule is C=C[C@@](N)(O)c1ccc(C=O)cc1. The van der Waals surface area contributed by atoms with Crippen molar-refractivity contribution >= 4 is 6.29 Å². The van der Waals surface area contributed by atoms with E-state index in [0.717, 1.165) is 6.29 Å². The summed E-state index contributed by atoms with van der Waals surface area (Å²) < 4.78 is 0. The highest BCUT2D eigenvalue weighted by atomic mass is 16.3. The van der Waals surface area contributed by atoms with Crippen molar-refractivity contribution in [2.75, 3.05) is 0 Å². The number of nitrogens with two attached hydrogens (primary N) is 1. The van der Waals surface area contributed by atoms with Crippen molar-refractivity contribution in [1.29, 1.82) is 0 Å². The van der Waals surface area contributed by atoms with E-state index in [1.54, 1.807) is 24.3 Å². The maximum Gasteiger partial charge on any atom is 0.158 e. The van der Waals surface area contributed by atoms with Crippen molar-refractivity contribution in [2.24, 2.45) is 5.73 Å². The molecule has 0 aliphatic rings. The highest BCUT2D eigenvalue weighted by Crippen LogP contribution is 2.15. The van der Waals surface area contributed by atoms with Crippen LogP contribution in [0.25, 0.3) is 0 Å². The minimum absolute atomic E-state index is 0.508. The summed E-state index contributed by atoms with van der Waals surface area (Å²) in [6, 6.07) is 6.35. The van der Waals surface area contributed by atoms with Gasteiger partial charge in [-0.15, -0.1) is 0 Å². The van der Waals surface area contributed by atoms with Gasteiger partial charge in [0.25, 0.3) is 0 Å². The number of benzene rings is 1. The van der Waals surface area contributed by atoms with E-state index in [-0.39, 0.29) is 0 Å². The maximum atomic E-state index is 10.3. The number of aldehydes is 1. The molecule has 0 unspecified atom stereocenters. The molecule has 1 aromatic rings. The van der Waals surface area contributed by atoms with E-state index in [9.17, 15) is 9.90 Å². The smallest absolute Gasteiger partial charge is 0.158 e. The lowest BCUT2D eigenvalue weighted by molar-refractivity contribution is 0.0974. The van der Waals surface area contributed by atoms with Gasteiger partial charge in [0, 0.05) is 11.1 Å². The first-order chi connectivity index (χ1) is 6.10. The van der Waals surface area contributed by atoms with Crippen molar-refractivity contribution in [3.8, 4) is 0 Å². The zero-order valence-corrected chi connectivity index (χ0v) is 7.10. The Morgan fingerprint density at radius 2 is 1.92 bits per heavy atom. The second-order valence-corrected chi connectivity index (χ2v) is 2.77. The summed E-state index contributed by atoms with van der Waals surface area (Å²) in [7, 11) is 0. The molecule has 1 atom stereocenters. The molecule has 0 bridgehead atoms. The molecule has 3 heteroatoms. The molecule has 0 fully saturated rings. The fourth-order valence-corrected chi connectivity index (χ4v) is 0.947. The van der Waals surface area contributed by atoms with Crippen LogP contribution in [-0.2, 0) is 5.72 Å². The fraction of sp³-hybridized carbons (Fsp3) is 0.100. The molecular weight excluding hydrogens is 166 g/mol. The van der Waals surface area contributed by atoms with Crippen LogP contribution in [0.1, 0.15) is 15.9 Å². The predicted molar refractivity (Wildman–Crippen MR) is 50.1 cm³/mol. The van der Waals surface area contributed by atoms with Crippen molar-refractivity contribution < 1.29 is 9.90 Å². The molecule has 0 saturated carbocycles. The van der Waals surface area contributed by atoms with Gasteiger partial charge in [0.05, 0.1) is 0 Å². The number of carbonyl (C=O) groups excluding carboxylic acids is 1. The van der Waals surface area contributed by atoms with Gasteiger partial charge in [-0.3, -0.25) is 10.5 Å². The lowest BCUT2D eigenvalue weighted by atomic mass is 10.0. The summed E-state index contributed by atoms with van der Waals surface area (Å²) >= 11 is 0. The maximum absolute atomic E-state index is 10.3. The number of rotatable bonds is 3. The Hall–Kier alpha value is -1.45. The summed E-state index contributed by atoms with van der Waals surface area (Å²) in [6.07, 6.45) is 1.97. The fourth-order valence-electron chi connectivity index (χ4n) is 0.947. The number of aliphatic hydroxyl groups is 1. The Morgan fingerprint density at radius 1 is 1.38 bits per heavy atom. The molecule has 13 heavy (non-hydrogen) atoms. The van der Waals surface area contributed by atoms with Gasteiger partial charge >= 0.3 is 0 Å². The molecule has 0 aromatic heterocycles. The van der Waals surface area contributed by atoms with Crippen LogP contribution in [0.3, 0.4) is 0 Å². The van der Waals surface area contributed by atoms with Gasteiger partial charge in [-0.1, -0.05) is 30.8 Å². The number of carbonyl (C=O) groups is 1. The first kappa shape index (κ1) is 9.64. The van der Waals surface area contributed by atoms with Crippen LogP contribution >= 0.6 is 0 Å². The number of hydrogen-bond donors (Lipinski definition) is 2. The Morgan fingerprint density at radius 3 is 2.31 bits per heavy atom. The van der Waals surface area contributed by atoms with E-state index in [0.29, 0.717) is 11.1 Å². The van der Waals surface area contributed by atoms with Crippen molar-refractivity contribution in [2.45, 2.75) is 5.72 Å². The monoisotopic (exact) mass is 177 g/mol. The molecule has 0 aliphatic heterocycles. The third-order valence-electron chi connectivity index (χ3n) is 1.82. The lowest BCUT2D eigenvalue weighted by Crippen LogP contribution is -2.33. The highest BCUT2D eigenvalue weighted by Gasteiger charge is 2.18. The molecule has 0 aliphatic carbocycles. The normalized spacial score (nSPS) is 14.6. The largest absolute Gasteiger partial charge is 0.368 e. The average Bonchev–Trinajstić information content (AvgIpc) is 2.18. The molecule has 1 rings (SSSR count). The van der Waals surface area contributed by atoms with E-state index in [2.05, 4.69) is 6.58 Å². The quantitative estimate of drug-likeness (QED) is 0.407. The van der Waals surface area contributed by atoms with Gasteiger partial charge in [0.1, 0.15) is 6.29 Å². The molecule has 68 valence electrons. The van der Waals surface area contributed by atoms with Crippen LogP contribution in [0.5, 0.6) is 0 Å². The topological polar surface area (TPSA) is 63.3 Å². The molecule has 0 heterocycles. The standard InChI is InChI=1S/C10H11NO2/c1-2-10(11,13)9-5-3-8(7-12)4-6-9/h2-7,13H,1,11H2/t10-/m1/s1. The van der Waals surface area contributed by atoms with Crippen molar-refractivity contribution in [3.05, 3.63) is 48.0 Å². The molecule has 0 amide bonds. The second kappa shape index (κ2) is 3.51. The van der Waals surface area contributed by atoms with Crippen LogP contribution < -0.4 is 5.73 Å². The zero-order chi connectivity index (χ0) is 9.90. The summed E-state index contributed by atoms with van der Waals surface area (Å²) in [4.78, 5) is 10.3. The third kappa shape index (κ3) is 2.02. The average molecular weight is 177 g/mol. The number of hydrogen-bond acceptors (Lipinski definition) is 3. The van der Waals surface area contributed by atoms with E-state index < -0.39 is 5.72 Å². The minimum Gasteiger partial charge on any atom is -0.368 e. The second-order valence-electron chi connectivity index (χ2n) is 2.77. The molecule has 0 saturated heterocycles. The van der Waals surface area contributed by atoms with Crippen LogP contribution in [0.4, 0.5) is 0 Å². The lowest BCUT2D eigenvalue weighted by Gasteiger charge is -2.18. The Labute approximate surface area is 76.5 Å². The molecule has 0 spiro atoms. The van der Waals surface area contributed by atoms with Gasteiger partial charge < -0.3 is 5.11 Å². The molecule has 3 nitrogen and oxygen atoms in total. The van der Waals surface area contributed by atoms with Crippen LogP contribution in [0.15, 0.2) is 36.9 Å². The first-order valence-electron chi connectivity index (χ1n) is 3.80. The van der Waals surface area contributed by atoms with Gasteiger partial charge in [0.2, 0.25) is 0 Å². The van der Waals surface area contributed by atoms with Crippen LogP contribution in [-0.4, -0.2) is 11.4 Å². The zero-order valence-electron chi connectivity index (χ0n) is 7.10. The van der Waals surface area contributed by atoms with Crippen molar-refractivity contribution in [3.63, 3.8) is 0 Å². The summed E-state index contributed by atoms with van der Waals surface area (Å²) in [5, 5.41) is 9.53. The van der Waals surface area contributed by atoms with Crippen LogP contribution in [0.2, 0.25) is 0 Å². The van der Waals surface area contributed by atoms with E-state index in [1.165, 1.54) is 6.08 Å². The first-order valence-corrected chi connectivity index (χ1v) is 3.80. The van der Waals surface area contributed by atoms with Gasteiger partial charge in [-0.25, -0.2) is 0 Å². The van der Waals surface area contributed by atoms with Crippen LogP contribution in [0, 0.1) is 0 Å². The Kier molecular flexibility index (Phi) is 2.60. The van der Waals surface area contributed by atoms with Gasteiger partial charge in [-0.2, -0.15) is 0 Å². The molecular formula is C10H11NO2. The van der Waals surface area contributed by atoms with Gasteiger partial charge in [0.15, 0.2) is 5.72 Å². The summed E-state index contributed by atoms with van der Waals surface area (Å²) in [5.41, 5.74) is 5.00. The third-order valence-corrected chi connectivity index (χ3v) is 1.82. The van der Waals surface area contributed by atoms with E-state index >= 15 is 0 Å². The Balaban J connectivity index is 3.04.